The summed E-state index contributed by atoms with van der Waals surface area (Å²) in [4.78, 5) is 22.0. The SMILES string of the molecule is CCc1ccc2nc(N(CCCN(C)C)C(=O)c3cccc(S(C)(=O)=O)c3)sc2c1. The van der Waals surface area contributed by atoms with Gasteiger partial charge in [0.1, 0.15) is 0 Å². The molecule has 0 saturated carbocycles. The molecule has 3 rings (SSSR count). The van der Waals surface area contributed by atoms with Crippen molar-refractivity contribution in [2.45, 2.75) is 24.7 Å². The van der Waals surface area contributed by atoms with Crippen LogP contribution in [0.1, 0.15) is 29.3 Å². The van der Waals surface area contributed by atoms with E-state index in [1.165, 1.54) is 29.0 Å². The van der Waals surface area contributed by atoms with E-state index in [2.05, 4.69) is 24.0 Å². The third kappa shape index (κ3) is 5.24. The Morgan fingerprint density at radius 3 is 2.53 bits per heavy atom. The number of hydrogen-bond donors (Lipinski definition) is 0. The summed E-state index contributed by atoms with van der Waals surface area (Å²) in [7, 11) is 0.588. The van der Waals surface area contributed by atoms with E-state index in [0.29, 0.717) is 17.2 Å². The summed E-state index contributed by atoms with van der Waals surface area (Å²) in [6, 6.07) is 12.4. The number of aryl methyl sites for hydroxylation is 1. The van der Waals surface area contributed by atoms with Gasteiger partial charge in [-0.25, -0.2) is 13.4 Å². The van der Waals surface area contributed by atoms with Gasteiger partial charge in [0.2, 0.25) is 0 Å². The van der Waals surface area contributed by atoms with Crippen LogP contribution in [-0.4, -0.2) is 57.6 Å². The molecule has 0 unspecified atom stereocenters. The lowest BCUT2D eigenvalue weighted by molar-refractivity contribution is 0.0986. The van der Waals surface area contributed by atoms with Crippen molar-refractivity contribution in [3.63, 3.8) is 0 Å². The van der Waals surface area contributed by atoms with Gasteiger partial charge in [-0.05, 0) is 69.4 Å². The van der Waals surface area contributed by atoms with Crippen LogP contribution < -0.4 is 4.90 Å². The summed E-state index contributed by atoms with van der Waals surface area (Å²) in [5, 5.41) is 0.631. The molecule has 3 aromatic rings. The second-order valence-electron chi connectivity index (χ2n) is 7.57. The normalized spacial score (nSPS) is 11.9. The second kappa shape index (κ2) is 9.24. The molecule has 0 aliphatic heterocycles. The van der Waals surface area contributed by atoms with Gasteiger partial charge in [0.15, 0.2) is 15.0 Å². The summed E-state index contributed by atoms with van der Waals surface area (Å²) in [6.07, 6.45) is 2.86. The molecule has 1 heterocycles. The zero-order valence-corrected chi connectivity index (χ0v) is 19.4. The van der Waals surface area contributed by atoms with E-state index in [1.807, 2.05) is 20.2 Å². The number of carbonyl (C=O) groups is 1. The predicted octanol–water partition coefficient (Wildman–Crippen LogP) is 3.86. The van der Waals surface area contributed by atoms with Crippen molar-refractivity contribution < 1.29 is 13.2 Å². The van der Waals surface area contributed by atoms with Crippen LogP contribution in [0, 0.1) is 0 Å². The van der Waals surface area contributed by atoms with Crippen LogP contribution >= 0.6 is 11.3 Å². The Bertz CT molecular complexity index is 1150. The van der Waals surface area contributed by atoms with Crippen LogP contribution in [0.3, 0.4) is 0 Å². The fraction of sp³-hybridized carbons (Fsp3) is 0.364. The van der Waals surface area contributed by atoms with E-state index in [1.54, 1.807) is 17.0 Å². The Balaban J connectivity index is 1.99. The van der Waals surface area contributed by atoms with Crippen molar-refractivity contribution in [3.8, 4) is 0 Å². The van der Waals surface area contributed by atoms with E-state index in [4.69, 9.17) is 4.98 Å². The number of rotatable bonds is 8. The molecule has 1 aromatic heterocycles. The quantitative estimate of drug-likeness (QED) is 0.527. The van der Waals surface area contributed by atoms with Crippen LogP contribution in [-0.2, 0) is 16.3 Å². The molecule has 0 saturated heterocycles. The van der Waals surface area contributed by atoms with Crippen molar-refractivity contribution >= 4 is 42.4 Å². The molecule has 6 nitrogen and oxygen atoms in total. The van der Waals surface area contributed by atoms with Crippen molar-refractivity contribution in [3.05, 3.63) is 53.6 Å². The van der Waals surface area contributed by atoms with Crippen molar-refractivity contribution in [2.75, 3.05) is 38.3 Å². The number of aromatic nitrogens is 1. The maximum Gasteiger partial charge on any atom is 0.260 e. The fourth-order valence-corrected chi connectivity index (χ4v) is 4.86. The van der Waals surface area contributed by atoms with Crippen molar-refractivity contribution in [2.24, 2.45) is 0 Å². The Morgan fingerprint density at radius 2 is 1.87 bits per heavy atom. The van der Waals surface area contributed by atoms with E-state index >= 15 is 0 Å². The lowest BCUT2D eigenvalue weighted by atomic mass is 10.2. The van der Waals surface area contributed by atoms with Crippen LogP contribution in [0.15, 0.2) is 47.4 Å². The van der Waals surface area contributed by atoms with Crippen LogP contribution in [0.5, 0.6) is 0 Å². The molecular weight excluding hydrogens is 418 g/mol. The molecule has 160 valence electrons. The second-order valence-corrected chi connectivity index (χ2v) is 10.6. The lowest BCUT2D eigenvalue weighted by Gasteiger charge is -2.21. The Kier molecular flexibility index (Phi) is 6.90. The van der Waals surface area contributed by atoms with Gasteiger partial charge in [-0.3, -0.25) is 9.69 Å². The Labute approximate surface area is 182 Å². The molecule has 30 heavy (non-hydrogen) atoms. The van der Waals surface area contributed by atoms with Crippen LogP contribution in [0.4, 0.5) is 5.13 Å². The molecule has 1 amide bonds. The minimum atomic E-state index is -3.40. The van der Waals surface area contributed by atoms with Gasteiger partial charge in [-0.15, -0.1) is 0 Å². The minimum Gasteiger partial charge on any atom is -0.309 e. The zero-order chi connectivity index (χ0) is 21.9. The first kappa shape index (κ1) is 22.4. The number of fused-ring (bicyclic) bond motifs is 1. The number of carbonyl (C=O) groups excluding carboxylic acids is 1. The average Bonchev–Trinajstić information content (AvgIpc) is 3.12. The Hall–Kier alpha value is -2.29. The molecule has 0 aliphatic carbocycles. The topological polar surface area (TPSA) is 70.6 Å². The van der Waals surface area contributed by atoms with Gasteiger partial charge < -0.3 is 4.90 Å². The standard InChI is InChI=1S/C22H27N3O3S2/c1-5-16-10-11-19-20(14-16)29-22(23-19)25(13-7-12-24(2)3)21(26)17-8-6-9-18(15-17)30(4,27)28/h6,8-11,14-15H,5,7,12-13H2,1-4H3. The lowest BCUT2D eigenvalue weighted by Crippen LogP contribution is -2.33. The number of anilines is 1. The molecule has 0 fully saturated rings. The highest BCUT2D eigenvalue weighted by atomic mass is 32.2. The largest absolute Gasteiger partial charge is 0.309 e. The molecular formula is C22H27N3O3S2. The summed E-state index contributed by atoms with van der Waals surface area (Å²) < 4.78 is 24.9. The summed E-state index contributed by atoms with van der Waals surface area (Å²) in [5.41, 5.74) is 2.43. The highest BCUT2D eigenvalue weighted by Gasteiger charge is 2.22. The Morgan fingerprint density at radius 1 is 1.10 bits per heavy atom. The van der Waals surface area contributed by atoms with Gasteiger partial charge >= 0.3 is 0 Å². The van der Waals surface area contributed by atoms with E-state index in [9.17, 15) is 13.2 Å². The molecule has 0 atom stereocenters. The third-order valence-electron chi connectivity index (χ3n) is 4.82. The number of nitrogens with zero attached hydrogens (tertiary/aromatic N) is 3. The summed E-state index contributed by atoms with van der Waals surface area (Å²) in [5.74, 6) is -0.242. The molecule has 0 spiro atoms. The average molecular weight is 446 g/mol. The maximum absolute atomic E-state index is 13.4. The highest BCUT2D eigenvalue weighted by molar-refractivity contribution is 7.90. The van der Waals surface area contributed by atoms with E-state index in [0.717, 1.165) is 35.9 Å². The van der Waals surface area contributed by atoms with Crippen LogP contribution in [0.25, 0.3) is 10.2 Å². The number of thiazole rings is 1. The van der Waals surface area contributed by atoms with E-state index in [-0.39, 0.29) is 10.8 Å². The number of amides is 1. The summed E-state index contributed by atoms with van der Waals surface area (Å²) in [6.45, 7) is 3.44. The summed E-state index contributed by atoms with van der Waals surface area (Å²) >= 11 is 1.49. The smallest absolute Gasteiger partial charge is 0.260 e. The van der Waals surface area contributed by atoms with Crippen LogP contribution in [0.2, 0.25) is 0 Å². The molecule has 8 heteroatoms. The highest BCUT2D eigenvalue weighted by Crippen LogP contribution is 2.31. The van der Waals surface area contributed by atoms with Gasteiger partial charge in [-0.2, -0.15) is 0 Å². The van der Waals surface area contributed by atoms with Gasteiger partial charge in [0.05, 0.1) is 15.1 Å². The van der Waals surface area contributed by atoms with E-state index < -0.39 is 9.84 Å². The first-order valence-electron chi connectivity index (χ1n) is 9.85. The molecule has 0 bridgehead atoms. The number of benzene rings is 2. The maximum atomic E-state index is 13.4. The molecule has 0 N–H and O–H groups in total. The van der Waals surface area contributed by atoms with Gasteiger partial charge in [-0.1, -0.05) is 30.4 Å². The minimum absolute atomic E-state index is 0.137. The first-order valence-corrected chi connectivity index (χ1v) is 12.6. The monoisotopic (exact) mass is 445 g/mol. The molecule has 0 radical (unpaired) electrons. The predicted molar refractivity (Wildman–Crippen MR) is 123 cm³/mol. The van der Waals surface area contributed by atoms with Gasteiger partial charge in [0, 0.05) is 18.4 Å². The molecule has 0 aliphatic rings. The number of sulfone groups is 1. The first-order chi connectivity index (χ1) is 14.2. The van der Waals surface area contributed by atoms with Gasteiger partial charge in [0.25, 0.3) is 5.91 Å². The third-order valence-corrected chi connectivity index (χ3v) is 6.97. The zero-order valence-electron chi connectivity index (χ0n) is 17.8. The fourth-order valence-electron chi connectivity index (χ4n) is 3.14. The number of hydrogen-bond acceptors (Lipinski definition) is 6. The van der Waals surface area contributed by atoms with Crippen molar-refractivity contribution in [1.29, 1.82) is 0 Å². The van der Waals surface area contributed by atoms with Crippen molar-refractivity contribution in [1.82, 2.24) is 9.88 Å². The molecule has 2 aromatic carbocycles.